The van der Waals surface area contributed by atoms with Gasteiger partial charge in [0.1, 0.15) is 0 Å². The second-order valence-electron chi connectivity index (χ2n) is 4.88. The lowest BCUT2D eigenvalue weighted by atomic mass is 10.0. The maximum absolute atomic E-state index is 6.10. The fourth-order valence-electron chi connectivity index (χ4n) is 2.31. The minimum Gasteiger partial charge on any atom is -0.251 e. The zero-order valence-electron chi connectivity index (χ0n) is 11.9. The van der Waals surface area contributed by atoms with Gasteiger partial charge in [-0.2, -0.15) is 0 Å². The number of thioether (sulfide) groups is 1. The van der Waals surface area contributed by atoms with Crippen LogP contribution in [-0.4, -0.2) is 5.71 Å². The first-order valence-electron chi connectivity index (χ1n) is 6.99. The van der Waals surface area contributed by atoms with Crippen LogP contribution in [0.5, 0.6) is 0 Å². The van der Waals surface area contributed by atoms with Crippen LogP contribution in [0, 0.1) is 12.3 Å². The first-order valence-corrected chi connectivity index (χ1v) is 8.25. The molecule has 0 fully saturated rings. The quantitative estimate of drug-likeness (QED) is 0.659. The molecule has 0 atom stereocenters. The lowest BCUT2D eigenvalue weighted by molar-refractivity contribution is 1.20. The van der Waals surface area contributed by atoms with Gasteiger partial charge in [-0.05, 0) is 29.5 Å². The summed E-state index contributed by atoms with van der Waals surface area (Å²) in [5.41, 5.74) is 4.07. The summed E-state index contributed by atoms with van der Waals surface area (Å²) >= 11 is 7.76. The normalized spacial score (nSPS) is 17.1. The zero-order valence-corrected chi connectivity index (χ0v) is 13.5. The fraction of sp³-hybridized carbons (Fsp3) is 0.105. The molecule has 0 unspecified atom stereocenters. The van der Waals surface area contributed by atoms with Crippen molar-refractivity contribution in [3.63, 3.8) is 0 Å². The third-order valence-electron chi connectivity index (χ3n) is 3.35. The molecule has 1 aliphatic heterocycles. The first kappa shape index (κ1) is 15.0. The van der Waals surface area contributed by atoms with Gasteiger partial charge in [0.2, 0.25) is 0 Å². The molecule has 1 aliphatic carbocycles. The minimum absolute atomic E-state index is 0.528. The van der Waals surface area contributed by atoms with E-state index in [-0.39, 0.29) is 0 Å². The van der Waals surface area contributed by atoms with Gasteiger partial charge in [-0.3, -0.25) is 4.99 Å². The molecule has 2 aliphatic rings. The zero-order chi connectivity index (χ0) is 15.4. The molecule has 0 bridgehead atoms. The van der Waals surface area contributed by atoms with Gasteiger partial charge in [-0.15, -0.1) is 12.3 Å². The number of allylic oxidation sites excluding steroid dienone is 7. The Hall–Kier alpha value is -1.95. The Morgan fingerprint density at radius 1 is 1.23 bits per heavy atom. The van der Waals surface area contributed by atoms with E-state index in [1.165, 1.54) is 4.90 Å². The molecule has 0 N–H and O–H groups in total. The van der Waals surface area contributed by atoms with E-state index in [4.69, 9.17) is 23.0 Å². The van der Waals surface area contributed by atoms with Crippen LogP contribution in [0.1, 0.15) is 18.4 Å². The van der Waals surface area contributed by atoms with Crippen LogP contribution in [0.2, 0.25) is 0 Å². The Labute approximate surface area is 140 Å². The lowest BCUT2D eigenvalue weighted by Crippen LogP contribution is -2.05. The summed E-state index contributed by atoms with van der Waals surface area (Å²) in [4.78, 5) is 6.01. The topological polar surface area (TPSA) is 12.4 Å². The van der Waals surface area contributed by atoms with Crippen LogP contribution in [-0.2, 0) is 0 Å². The third kappa shape index (κ3) is 3.27. The summed E-state index contributed by atoms with van der Waals surface area (Å²) in [5, 5.41) is 2.79. The van der Waals surface area contributed by atoms with Gasteiger partial charge in [0, 0.05) is 15.5 Å². The van der Waals surface area contributed by atoms with Crippen molar-refractivity contribution in [3.8, 4) is 12.3 Å². The van der Waals surface area contributed by atoms with Gasteiger partial charge >= 0.3 is 0 Å². The summed E-state index contributed by atoms with van der Waals surface area (Å²) < 4.78 is 0. The molecular weight excluding hydrogens is 310 g/mol. The van der Waals surface area contributed by atoms with E-state index in [9.17, 15) is 0 Å². The third-order valence-corrected chi connectivity index (χ3v) is 4.63. The van der Waals surface area contributed by atoms with Crippen LogP contribution in [0.25, 0.3) is 0 Å². The van der Waals surface area contributed by atoms with Gasteiger partial charge in [0.15, 0.2) is 0 Å². The summed E-state index contributed by atoms with van der Waals surface area (Å²) in [6.45, 7) is 0. The maximum Gasteiger partial charge on any atom is 0.0786 e. The molecule has 22 heavy (non-hydrogen) atoms. The van der Waals surface area contributed by atoms with Crippen LogP contribution in [0.4, 0.5) is 0 Å². The van der Waals surface area contributed by atoms with Crippen LogP contribution in [0.15, 0.2) is 80.2 Å². The highest BCUT2D eigenvalue weighted by atomic mass is 35.5. The van der Waals surface area contributed by atoms with Crippen molar-refractivity contribution in [2.75, 3.05) is 0 Å². The Morgan fingerprint density at radius 2 is 2.09 bits per heavy atom. The molecule has 0 radical (unpaired) electrons. The van der Waals surface area contributed by atoms with Crippen molar-refractivity contribution in [2.45, 2.75) is 17.7 Å². The Morgan fingerprint density at radius 3 is 2.95 bits per heavy atom. The predicted molar refractivity (Wildman–Crippen MR) is 96.1 cm³/mol. The number of halogens is 1. The number of benzene rings is 1. The average molecular weight is 324 g/mol. The summed E-state index contributed by atoms with van der Waals surface area (Å²) in [5.74, 6) is 2.68. The van der Waals surface area contributed by atoms with Gasteiger partial charge in [0.25, 0.3) is 0 Å². The second-order valence-corrected chi connectivity index (χ2v) is 6.23. The summed E-state index contributed by atoms with van der Waals surface area (Å²) in [7, 11) is 0. The van der Waals surface area contributed by atoms with Crippen molar-refractivity contribution in [2.24, 2.45) is 4.99 Å². The molecule has 1 heterocycles. The van der Waals surface area contributed by atoms with Gasteiger partial charge in [-0.25, -0.2) is 0 Å². The highest BCUT2D eigenvalue weighted by molar-refractivity contribution is 8.02. The Bertz CT molecular complexity index is 788. The van der Waals surface area contributed by atoms with Crippen LogP contribution < -0.4 is 0 Å². The largest absolute Gasteiger partial charge is 0.251 e. The molecule has 3 rings (SSSR count). The smallest absolute Gasteiger partial charge is 0.0786 e. The lowest BCUT2D eigenvalue weighted by Gasteiger charge is -2.10. The molecule has 1 nitrogen and oxygen atoms in total. The number of hydrogen-bond acceptors (Lipinski definition) is 2. The molecule has 0 amide bonds. The Balaban J connectivity index is 2.10. The van der Waals surface area contributed by atoms with Gasteiger partial charge in [-0.1, -0.05) is 59.8 Å². The van der Waals surface area contributed by atoms with Crippen molar-refractivity contribution in [3.05, 3.63) is 75.8 Å². The monoisotopic (exact) mass is 323 g/mol. The number of terminal acetylenes is 1. The van der Waals surface area contributed by atoms with E-state index in [1.54, 1.807) is 11.8 Å². The van der Waals surface area contributed by atoms with Gasteiger partial charge in [0.05, 0.1) is 17.8 Å². The molecule has 0 spiro atoms. The minimum atomic E-state index is 0.528. The molecule has 0 aromatic heterocycles. The number of hydrogen-bond donors (Lipinski definition) is 0. The number of rotatable bonds is 2. The SMILES string of the molecule is C#CCC1=CSc2ccccc2C(C2=CCC=C(Cl)C=C2)=N1. The van der Waals surface area contributed by atoms with Crippen molar-refractivity contribution in [1.29, 1.82) is 0 Å². The molecule has 3 heteroatoms. The molecular formula is C19H14ClNS. The molecule has 1 aromatic rings. The fourth-order valence-corrected chi connectivity index (χ4v) is 3.31. The van der Waals surface area contributed by atoms with Crippen molar-refractivity contribution >= 4 is 29.1 Å². The predicted octanol–water partition coefficient (Wildman–Crippen LogP) is 5.46. The van der Waals surface area contributed by atoms with E-state index >= 15 is 0 Å². The maximum atomic E-state index is 6.10. The van der Waals surface area contributed by atoms with Gasteiger partial charge < -0.3 is 0 Å². The van der Waals surface area contributed by atoms with Crippen LogP contribution in [0.3, 0.4) is 0 Å². The van der Waals surface area contributed by atoms with Crippen LogP contribution >= 0.6 is 23.4 Å². The highest BCUT2D eigenvalue weighted by Gasteiger charge is 2.16. The van der Waals surface area contributed by atoms with E-state index in [0.29, 0.717) is 6.42 Å². The van der Waals surface area contributed by atoms with Crippen molar-refractivity contribution in [1.82, 2.24) is 0 Å². The van der Waals surface area contributed by atoms with E-state index in [1.807, 2.05) is 35.8 Å². The highest BCUT2D eigenvalue weighted by Crippen LogP contribution is 2.32. The summed E-state index contributed by atoms with van der Waals surface area (Å²) in [6.07, 6.45) is 14.8. The van der Waals surface area contributed by atoms with Crippen molar-refractivity contribution < 1.29 is 0 Å². The summed E-state index contributed by atoms with van der Waals surface area (Å²) in [6, 6.07) is 8.28. The first-order chi connectivity index (χ1) is 10.8. The standard InChI is InChI=1S/C19H14ClNS/c1-2-6-16-13-22-18-10-4-3-9-17(18)19(21-16)14-7-5-8-15(20)12-11-14/h1,3-4,7-13H,5-6H2. The molecule has 0 saturated heterocycles. The molecule has 1 aromatic carbocycles. The molecule has 0 saturated carbocycles. The van der Waals surface area contributed by atoms with E-state index in [0.717, 1.165) is 34.0 Å². The number of aliphatic imine (C=N–C) groups is 1. The Kier molecular flexibility index (Phi) is 4.68. The second kappa shape index (κ2) is 6.87. The van der Waals surface area contributed by atoms with E-state index in [2.05, 4.69) is 24.1 Å². The number of nitrogens with zero attached hydrogens (tertiary/aromatic N) is 1. The van der Waals surface area contributed by atoms with E-state index < -0.39 is 0 Å². The average Bonchev–Trinajstić information content (AvgIpc) is 2.85. The number of fused-ring (bicyclic) bond motifs is 1. The molecule has 108 valence electrons.